The maximum atomic E-state index is 15.1. The second kappa shape index (κ2) is 11.3. The highest BCUT2D eigenvalue weighted by atomic mass is 19.1. The van der Waals surface area contributed by atoms with Gasteiger partial charge in [0.15, 0.2) is 0 Å². The Morgan fingerprint density at radius 3 is 2.67 bits per heavy atom. The van der Waals surface area contributed by atoms with Crippen LogP contribution in [0.15, 0.2) is 36.0 Å². The molecule has 210 valence electrons. The van der Waals surface area contributed by atoms with Crippen LogP contribution in [0.25, 0.3) is 5.57 Å². The molecule has 0 spiro atoms. The minimum Gasteiger partial charge on any atom is -0.493 e. The minimum absolute atomic E-state index is 0.00742. The van der Waals surface area contributed by atoms with E-state index in [2.05, 4.69) is 13.0 Å². The van der Waals surface area contributed by atoms with Crippen molar-refractivity contribution < 1.29 is 28.2 Å². The van der Waals surface area contributed by atoms with Gasteiger partial charge in [-0.25, -0.2) is 4.39 Å². The number of halogens is 1. The molecule has 3 aliphatic rings. The highest BCUT2D eigenvalue weighted by molar-refractivity contribution is 6.22. The van der Waals surface area contributed by atoms with Gasteiger partial charge in [-0.2, -0.15) is 0 Å². The Labute approximate surface area is 230 Å². The number of allylic oxidation sites excluding steroid dienone is 2. The van der Waals surface area contributed by atoms with E-state index in [1.54, 1.807) is 25.2 Å². The Kier molecular flexibility index (Phi) is 7.99. The van der Waals surface area contributed by atoms with Gasteiger partial charge in [-0.3, -0.25) is 9.90 Å². The summed E-state index contributed by atoms with van der Waals surface area (Å²) in [5.74, 6) is 1.54. The van der Waals surface area contributed by atoms with Gasteiger partial charge in [0.1, 0.15) is 23.4 Å². The van der Waals surface area contributed by atoms with Gasteiger partial charge >= 0.3 is 0 Å². The van der Waals surface area contributed by atoms with Gasteiger partial charge in [0.2, 0.25) is 0 Å². The molecule has 0 bridgehead atoms. The number of benzene rings is 2. The molecule has 8 heteroatoms. The number of hydroxylamine groups is 2. The molecule has 1 saturated heterocycles. The van der Waals surface area contributed by atoms with Crippen molar-refractivity contribution in [1.82, 2.24) is 5.06 Å². The molecular formula is C31H39FN2O5. The van der Waals surface area contributed by atoms with E-state index >= 15 is 4.39 Å². The van der Waals surface area contributed by atoms with E-state index < -0.39 is 0 Å². The fraction of sp³-hybridized carbons (Fsp3) is 0.516. The third kappa shape index (κ3) is 5.69. The summed E-state index contributed by atoms with van der Waals surface area (Å²) in [6.07, 6.45) is 2.10. The monoisotopic (exact) mass is 538 g/mol. The van der Waals surface area contributed by atoms with E-state index in [9.17, 15) is 0 Å². The van der Waals surface area contributed by atoms with E-state index in [-0.39, 0.29) is 17.3 Å². The zero-order valence-corrected chi connectivity index (χ0v) is 23.6. The van der Waals surface area contributed by atoms with E-state index in [0.29, 0.717) is 56.0 Å². The summed E-state index contributed by atoms with van der Waals surface area (Å²) in [6.45, 7) is 8.97. The lowest BCUT2D eigenvalue weighted by Crippen LogP contribution is -2.44. The molecule has 0 aromatic heterocycles. The average Bonchev–Trinajstić information content (AvgIpc) is 3.48. The first-order valence-corrected chi connectivity index (χ1v) is 13.6. The number of methoxy groups -OCH3 is 1. The molecule has 0 saturated carbocycles. The SMILES string of the molecule is COCC[C@@H]1COc2cc(O[C@@H]3CCc4c(/C(C(C)=N)=C(\C)N(C)OCC5(C)COC5)cc(F)cc43)ccc21. The lowest BCUT2D eigenvalue weighted by molar-refractivity contribution is -0.201. The predicted molar refractivity (Wildman–Crippen MR) is 148 cm³/mol. The van der Waals surface area contributed by atoms with Crippen LogP contribution >= 0.6 is 0 Å². The number of nitrogens with one attached hydrogen (secondary N) is 1. The number of hydrogen-bond donors (Lipinski definition) is 1. The Balaban J connectivity index is 1.38. The fourth-order valence-corrected chi connectivity index (χ4v) is 5.70. The second-order valence-electron chi connectivity index (χ2n) is 11.3. The number of fused-ring (bicyclic) bond motifs is 2. The first-order chi connectivity index (χ1) is 18.7. The van der Waals surface area contributed by atoms with Crippen molar-refractivity contribution in [1.29, 1.82) is 5.41 Å². The lowest BCUT2D eigenvalue weighted by atomic mass is 9.90. The van der Waals surface area contributed by atoms with Gasteiger partial charge in [0, 0.05) is 60.7 Å². The third-order valence-corrected chi connectivity index (χ3v) is 8.05. The summed E-state index contributed by atoms with van der Waals surface area (Å²) in [5.41, 5.74) is 5.55. The molecule has 0 unspecified atom stereocenters. The first kappa shape index (κ1) is 27.6. The number of nitrogens with zero attached hydrogens (tertiary/aromatic N) is 1. The molecule has 7 nitrogen and oxygen atoms in total. The average molecular weight is 539 g/mol. The van der Waals surface area contributed by atoms with E-state index in [1.807, 2.05) is 26.1 Å². The summed E-state index contributed by atoms with van der Waals surface area (Å²) in [6, 6.07) is 9.10. The van der Waals surface area contributed by atoms with Crippen molar-refractivity contribution in [3.63, 3.8) is 0 Å². The molecule has 1 aliphatic carbocycles. The van der Waals surface area contributed by atoms with Crippen molar-refractivity contribution in [2.24, 2.45) is 5.41 Å². The Bertz CT molecular complexity index is 1270. The quantitative estimate of drug-likeness (QED) is 0.276. The first-order valence-electron chi connectivity index (χ1n) is 13.6. The molecule has 0 radical (unpaired) electrons. The van der Waals surface area contributed by atoms with Crippen LogP contribution in [0.5, 0.6) is 11.5 Å². The highest BCUT2D eigenvalue weighted by Crippen LogP contribution is 2.43. The highest BCUT2D eigenvalue weighted by Gasteiger charge is 2.35. The minimum atomic E-state index is -0.341. The van der Waals surface area contributed by atoms with Gasteiger partial charge in [-0.05, 0) is 68.0 Å². The van der Waals surface area contributed by atoms with Crippen molar-refractivity contribution in [3.8, 4) is 11.5 Å². The number of hydrogen-bond acceptors (Lipinski definition) is 7. The summed E-state index contributed by atoms with van der Waals surface area (Å²) in [7, 11) is 3.55. The molecule has 39 heavy (non-hydrogen) atoms. The molecule has 2 aliphatic heterocycles. The van der Waals surface area contributed by atoms with Crippen LogP contribution in [0.2, 0.25) is 0 Å². The van der Waals surface area contributed by atoms with E-state index in [4.69, 9.17) is 29.2 Å². The van der Waals surface area contributed by atoms with Crippen LogP contribution in [0.3, 0.4) is 0 Å². The van der Waals surface area contributed by atoms with Gasteiger partial charge in [-0.1, -0.05) is 13.0 Å². The van der Waals surface area contributed by atoms with Crippen LogP contribution in [0, 0.1) is 16.6 Å². The maximum absolute atomic E-state index is 15.1. The zero-order chi connectivity index (χ0) is 27.7. The van der Waals surface area contributed by atoms with Crippen molar-refractivity contribution in [3.05, 3.63) is 64.1 Å². The standard InChI is InChI=1S/C31H39FN2O5/c1-19(33)30(20(2)34(4)38-18-31(3)16-36-17-31)27-13-22(32)12-26-25(27)8-9-28(26)39-23-6-7-24-21(10-11-35-5)15-37-29(24)14-23/h6-7,12-14,21,28,33H,8-11,15-18H2,1-5H3/b30-20+,33-19?/t21-,28-/m1/s1. The Morgan fingerprint density at radius 2 is 1.97 bits per heavy atom. The smallest absolute Gasteiger partial charge is 0.126 e. The normalized spacial score (nSPS) is 21.4. The third-order valence-electron chi connectivity index (χ3n) is 8.05. The summed E-state index contributed by atoms with van der Waals surface area (Å²) < 4.78 is 38.0. The Hall–Kier alpha value is -2.94. The van der Waals surface area contributed by atoms with Crippen LogP contribution in [-0.4, -0.2) is 58.0 Å². The van der Waals surface area contributed by atoms with Gasteiger partial charge in [0.25, 0.3) is 0 Å². The predicted octanol–water partition coefficient (Wildman–Crippen LogP) is 6.08. The molecule has 5 rings (SSSR count). The number of rotatable bonds is 11. The zero-order valence-electron chi connectivity index (χ0n) is 23.6. The Morgan fingerprint density at radius 1 is 1.18 bits per heavy atom. The van der Waals surface area contributed by atoms with Crippen molar-refractivity contribution in [2.75, 3.05) is 47.2 Å². The molecule has 2 atom stereocenters. The molecule has 1 fully saturated rings. The maximum Gasteiger partial charge on any atom is 0.126 e. The van der Waals surface area contributed by atoms with Crippen LogP contribution in [0.1, 0.15) is 67.9 Å². The second-order valence-corrected chi connectivity index (χ2v) is 11.3. The molecule has 2 heterocycles. The van der Waals surface area contributed by atoms with E-state index in [1.165, 1.54) is 11.6 Å². The topological polar surface area (TPSA) is 73.2 Å². The summed E-state index contributed by atoms with van der Waals surface area (Å²) in [4.78, 5) is 6.04. The number of ether oxygens (including phenoxy) is 4. The van der Waals surface area contributed by atoms with Crippen molar-refractivity contribution in [2.45, 2.75) is 52.1 Å². The van der Waals surface area contributed by atoms with Crippen LogP contribution in [-0.2, 0) is 20.7 Å². The molecule has 0 amide bonds. The van der Waals surface area contributed by atoms with Crippen molar-refractivity contribution >= 4 is 11.3 Å². The summed E-state index contributed by atoms with van der Waals surface area (Å²) >= 11 is 0. The molecule has 1 N–H and O–H groups in total. The summed E-state index contributed by atoms with van der Waals surface area (Å²) in [5, 5.41) is 10.3. The molecular weight excluding hydrogens is 499 g/mol. The van der Waals surface area contributed by atoms with E-state index in [0.717, 1.165) is 47.4 Å². The van der Waals surface area contributed by atoms with Crippen LogP contribution in [0.4, 0.5) is 4.39 Å². The van der Waals surface area contributed by atoms with Crippen LogP contribution < -0.4 is 9.47 Å². The van der Waals surface area contributed by atoms with Gasteiger partial charge in [-0.15, -0.1) is 0 Å². The van der Waals surface area contributed by atoms with Gasteiger partial charge in [0.05, 0.1) is 26.4 Å². The fourth-order valence-electron chi connectivity index (χ4n) is 5.70. The molecule has 2 aromatic rings. The molecule has 2 aromatic carbocycles. The van der Waals surface area contributed by atoms with Gasteiger partial charge < -0.3 is 24.4 Å². The largest absolute Gasteiger partial charge is 0.493 e. The lowest BCUT2D eigenvalue weighted by Gasteiger charge is -2.38.